The summed E-state index contributed by atoms with van der Waals surface area (Å²) >= 11 is 6.54. The lowest BCUT2D eigenvalue weighted by Crippen LogP contribution is -2.28. The highest BCUT2D eigenvalue weighted by molar-refractivity contribution is 6.31. The Hall–Kier alpha value is -5.28. The molecule has 0 bridgehead atoms. The number of hydrogen-bond acceptors (Lipinski definition) is 9. The molecule has 0 saturated heterocycles. The van der Waals surface area contributed by atoms with Gasteiger partial charge < -0.3 is 20.3 Å². The topological polar surface area (TPSA) is 143 Å². The molecule has 0 radical (unpaired) electrons. The van der Waals surface area contributed by atoms with Gasteiger partial charge in [0.1, 0.15) is 42.6 Å². The van der Waals surface area contributed by atoms with Crippen molar-refractivity contribution >= 4 is 39.4 Å². The molecule has 3 aromatic carbocycles. The van der Waals surface area contributed by atoms with Crippen LogP contribution in [-0.4, -0.2) is 61.3 Å². The molecule has 6 rings (SSSR count). The minimum atomic E-state index is -0.279. The number of phenols is 1. The molecule has 0 atom stereocenters. The van der Waals surface area contributed by atoms with Gasteiger partial charge >= 0.3 is 0 Å². The molecule has 0 spiro atoms. The molecule has 11 nitrogen and oxygen atoms in total. The predicted molar refractivity (Wildman–Crippen MR) is 172 cm³/mol. The molecule has 0 unspecified atom stereocenters. The Kier molecular flexibility index (Phi) is 8.70. The molecule has 12 heteroatoms. The largest absolute Gasteiger partial charge is 0.508 e. The number of aromatic hydroxyl groups is 1. The number of rotatable bonds is 9. The van der Waals surface area contributed by atoms with Crippen molar-refractivity contribution in [3.8, 4) is 28.8 Å². The van der Waals surface area contributed by atoms with Gasteiger partial charge in [-0.2, -0.15) is 5.10 Å². The maximum atomic E-state index is 14.3. The van der Waals surface area contributed by atoms with Crippen LogP contribution in [0.2, 0.25) is 5.02 Å². The van der Waals surface area contributed by atoms with Crippen LogP contribution in [0.4, 0.5) is 5.82 Å². The molecule has 3 N–H and O–H groups in total. The van der Waals surface area contributed by atoms with Crippen molar-refractivity contribution in [3.63, 3.8) is 0 Å². The van der Waals surface area contributed by atoms with Gasteiger partial charge in [0.05, 0.1) is 36.0 Å². The first-order valence-corrected chi connectivity index (χ1v) is 14.4. The maximum absolute atomic E-state index is 14.3. The van der Waals surface area contributed by atoms with Crippen LogP contribution < -0.4 is 11.3 Å². The lowest BCUT2D eigenvalue weighted by molar-refractivity contribution is 0.0877. The SMILES string of the molecule is COCCOCC#Cc1cccc2nc(Cn3nc(-c4cccc(O)c4)c4c(N)ncnc43)n(Cc3ccccc3Cl)c(=O)c12. The maximum Gasteiger partial charge on any atom is 0.263 e. The van der Waals surface area contributed by atoms with E-state index in [1.54, 1.807) is 52.8 Å². The van der Waals surface area contributed by atoms with Crippen molar-refractivity contribution in [3.05, 3.63) is 105 Å². The van der Waals surface area contributed by atoms with Gasteiger partial charge in [-0.1, -0.05) is 59.8 Å². The van der Waals surface area contributed by atoms with Gasteiger partial charge in [0.25, 0.3) is 5.56 Å². The first-order chi connectivity index (χ1) is 21.9. The zero-order chi connectivity index (χ0) is 31.3. The molecule has 0 saturated carbocycles. The monoisotopic (exact) mass is 621 g/mol. The van der Waals surface area contributed by atoms with E-state index in [0.717, 1.165) is 5.56 Å². The molecule has 0 aliphatic rings. The van der Waals surface area contributed by atoms with E-state index in [9.17, 15) is 9.90 Å². The standard InChI is InChI=1S/C33H28ClN7O4/c1-44-15-16-45-14-6-10-21-8-5-13-26-28(21)33(43)40(18-23-7-2-3-12-25(23)34)27(38-26)19-41-32-29(31(35)36-20-37-32)30(39-41)22-9-4-11-24(42)17-22/h2-5,7-9,11-13,17,20,42H,14-16,18-19H2,1H3,(H2,35,36,37). The van der Waals surface area contributed by atoms with Gasteiger partial charge in [-0.15, -0.1) is 0 Å². The summed E-state index contributed by atoms with van der Waals surface area (Å²) in [6.45, 7) is 1.31. The normalized spacial score (nSPS) is 11.2. The summed E-state index contributed by atoms with van der Waals surface area (Å²) in [5.74, 6) is 6.78. The van der Waals surface area contributed by atoms with E-state index < -0.39 is 0 Å². The number of anilines is 1. The number of fused-ring (bicyclic) bond motifs is 2. The van der Waals surface area contributed by atoms with Gasteiger partial charge in [-0.3, -0.25) is 9.36 Å². The molecule has 45 heavy (non-hydrogen) atoms. The number of aromatic nitrogens is 6. The molecule has 0 aliphatic carbocycles. The molecule has 6 aromatic rings. The fraction of sp³-hybridized carbons (Fsp3) is 0.182. The number of halogens is 1. The predicted octanol–water partition coefficient (Wildman–Crippen LogP) is 4.26. The average molecular weight is 622 g/mol. The van der Waals surface area contributed by atoms with Gasteiger partial charge in [0.15, 0.2) is 5.65 Å². The molecule has 3 aromatic heterocycles. The number of methoxy groups -OCH3 is 1. The average Bonchev–Trinajstić information content (AvgIpc) is 3.41. The van der Waals surface area contributed by atoms with E-state index >= 15 is 0 Å². The quantitative estimate of drug-likeness (QED) is 0.179. The number of benzene rings is 3. The minimum absolute atomic E-state index is 0.0741. The van der Waals surface area contributed by atoms with Crippen molar-refractivity contribution < 1.29 is 14.6 Å². The fourth-order valence-corrected chi connectivity index (χ4v) is 5.22. The highest BCUT2D eigenvalue weighted by Crippen LogP contribution is 2.32. The second-order valence-electron chi connectivity index (χ2n) is 10.1. The Morgan fingerprint density at radius 2 is 1.84 bits per heavy atom. The number of ether oxygens (including phenoxy) is 2. The summed E-state index contributed by atoms with van der Waals surface area (Å²) in [6.07, 6.45) is 1.36. The third-order valence-electron chi connectivity index (χ3n) is 7.15. The van der Waals surface area contributed by atoms with Gasteiger partial charge in [-0.25, -0.2) is 19.6 Å². The van der Waals surface area contributed by atoms with E-state index in [0.29, 0.717) is 62.8 Å². The molecule has 0 aliphatic heterocycles. The van der Waals surface area contributed by atoms with Crippen LogP contribution in [0.5, 0.6) is 5.75 Å². The Morgan fingerprint density at radius 3 is 2.67 bits per heavy atom. The molecule has 3 heterocycles. The van der Waals surface area contributed by atoms with Gasteiger partial charge in [0.2, 0.25) is 0 Å². The summed E-state index contributed by atoms with van der Waals surface area (Å²) in [7, 11) is 1.60. The smallest absolute Gasteiger partial charge is 0.263 e. The molecular formula is C33H28ClN7O4. The first-order valence-electron chi connectivity index (χ1n) is 14.0. The van der Waals surface area contributed by atoms with Crippen molar-refractivity contribution in [1.29, 1.82) is 0 Å². The van der Waals surface area contributed by atoms with Crippen LogP contribution in [-0.2, 0) is 22.6 Å². The molecule has 0 amide bonds. The van der Waals surface area contributed by atoms with Crippen LogP contribution in [0, 0.1) is 11.8 Å². The zero-order valence-corrected chi connectivity index (χ0v) is 25.0. The summed E-state index contributed by atoms with van der Waals surface area (Å²) < 4.78 is 13.7. The number of phenolic OH excluding ortho intramolecular Hbond substituents is 1. The highest BCUT2D eigenvalue weighted by atomic mass is 35.5. The summed E-state index contributed by atoms with van der Waals surface area (Å²) in [5.41, 5.74) is 9.36. The van der Waals surface area contributed by atoms with Crippen molar-refractivity contribution in [2.45, 2.75) is 13.1 Å². The van der Waals surface area contributed by atoms with Crippen molar-refractivity contribution in [1.82, 2.24) is 29.3 Å². The lowest BCUT2D eigenvalue weighted by atomic mass is 10.1. The van der Waals surface area contributed by atoms with E-state index in [2.05, 4.69) is 21.8 Å². The Bertz CT molecular complexity index is 2150. The van der Waals surface area contributed by atoms with E-state index in [1.165, 1.54) is 6.33 Å². The van der Waals surface area contributed by atoms with Crippen LogP contribution >= 0.6 is 11.6 Å². The fourth-order valence-electron chi connectivity index (χ4n) is 5.02. The lowest BCUT2D eigenvalue weighted by Gasteiger charge is -2.15. The summed E-state index contributed by atoms with van der Waals surface area (Å²) in [4.78, 5) is 27.9. The van der Waals surface area contributed by atoms with Crippen LogP contribution in [0.25, 0.3) is 33.2 Å². The number of nitrogen functional groups attached to an aromatic ring is 1. The van der Waals surface area contributed by atoms with Gasteiger partial charge in [-0.05, 0) is 35.9 Å². The summed E-state index contributed by atoms with van der Waals surface area (Å²) in [6, 6.07) is 19.4. The highest BCUT2D eigenvalue weighted by Gasteiger charge is 2.21. The van der Waals surface area contributed by atoms with E-state index in [4.69, 9.17) is 36.9 Å². The number of nitrogens with two attached hydrogens (primary N) is 1. The minimum Gasteiger partial charge on any atom is -0.508 e. The third-order valence-corrected chi connectivity index (χ3v) is 7.52. The van der Waals surface area contributed by atoms with Crippen LogP contribution in [0.3, 0.4) is 0 Å². The molecule has 0 fully saturated rings. The molecular weight excluding hydrogens is 594 g/mol. The molecule has 226 valence electrons. The second kappa shape index (κ2) is 13.2. The Balaban J connectivity index is 1.50. The van der Waals surface area contributed by atoms with E-state index in [-0.39, 0.29) is 36.8 Å². The van der Waals surface area contributed by atoms with Crippen LogP contribution in [0.15, 0.2) is 77.9 Å². The van der Waals surface area contributed by atoms with Crippen molar-refractivity contribution in [2.75, 3.05) is 32.7 Å². The number of nitrogens with zero attached hydrogens (tertiary/aromatic N) is 6. The van der Waals surface area contributed by atoms with E-state index in [1.807, 2.05) is 30.3 Å². The Morgan fingerprint density at radius 1 is 1.00 bits per heavy atom. The van der Waals surface area contributed by atoms with Crippen LogP contribution in [0.1, 0.15) is 17.0 Å². The zero-order valence-electron chi connectivity index (χ0n) is 24.3. The number of hydrogen-bond donors (Lipinski definition) is 2. The third kappa shape index (κ3) is 6.21. The Labute approximate surface area is 262 Å². The van der Waals surface area contributed by atoms with Gasteiger partial charge in [0, 0.05) is 23.3 Å². The second-order valence-corrected chi connectivity index (χ2v) is 10.5. The summed E-state index contributed by atoms with van der Waals surface area (Å²) in [5, 5.41) is 16.4. The van der Waals surface area contributed by atoms with Crippen molar-refractivity contribution in [2.24, 2.45) is 0 Å². The first kappa shape index (κ1) is 29.8.